The SMILES string of the molecule is CC1(C)C2CCC1(CS(=O)(=O)ON1C(=O)c3cccc4c(OCC5CCCO5)ccc(c34)C1=O)C(=O)C2.COCCOCCOc1ccc2c3c(cccc13)C(=O)N(OS(=O)(=O)CC13CCC(CC1=O)C3(C)C)C2=O.COCCOCOc1ccc2c3c(cccc13)C(=O)N(OS(=O)(=O)CC13CCC(CC1=O)C3(C)C)C2=O. The molecule has 6 aromatic rings. The highest BCUT2D eigenvalue weighted by Gasteiger charge is 2.68. The molecular formula is C80H89N3O26S3. The molecule has 10 aliphatic rings. The number of Topliss-reactive ketones (excluding diaryl/α,β-unsaturated/α-hetero) is 3. The Bertz CT molecular complexity index is 5220. The van der Waals surface area contributed by atoms with Crippen molar-refractivity contribution >= 4 is 115 Å². The van der Waals surface area contributed by atoms with Gasteiger partial charge in [-0.1, -0.05) is 77.9 Å². The number of ether oxygens (including phenoxy) is 8. The van der Waals surface area contributed by atoms with Gasteiger partial charge in [-0.2, -0.15) is 25.3 Å². The molecule has 0 spiro atoms. The molecule has 7 atom stereocenters. The van der Waals surface area contributed by atoms with Crippen molar-refractivity contribution in [3.05, 3.63) is 124 Å². The van der Waals surface area contributed by atoms with E-state index in [2.05, 4.69) is 0 Å². The van der Waals surface area contributed by atoms with E-state index in [0.717, 1.165) is 32.1 Å². The molecule has 7 fully saturated rings. The van der Waals surface area contributed by atoms with E-state index in [4.69, 9.17) is 50.7 Å². The summed E-state index contributed by atoms with van der Waals surface area (Å²) in [5.74, 6) is -5.64. The van der Waals surface area contributed by atoms with Gasteiger partial charge in [-0.3, -0.25) is 43.2 Å². The van der Waals surface area contributed by atoms with Gasteiger partial charge in [0.25, 0.3) is 65.8 Å². The standard InChI is InChI=1S/C27H31NO9S.C27H29NO8S.C26H29NO9S/c1-26(2)17-9-10-27(26,22(29)15-17)16-38(32,33)37-28-24(30)19-6-4-5-18-21(36-14-13-35-12-11-34-3)8-7-20(23(18)19)25(28)31;1-26(2)16-10-11-27(26,22(29)13-16)15-37(32,33)36-28-24(30)19-7-3-6-18-21(35-14-17-5-4-12-34-17)9-8-20(23(18)19)25(28)31;1-25(2)16-9-10-26(25,21(28)13-16)14-37(31,32)36-27-23(29)18-6-4-5-17-20(35-15-34-12-11-33-3)8-7-19(22(17)18)24(27)30/h4-8,17H,9-16H2,1-3H3;3,6-9,16-17H,4-5,10-15H2,1-2H3;4-8,16H,9-15H2,1-3H3. The number of nitrogens with zero attached hydrogens (tertiary/aromatic N) is 3. The quantitative estimate of drug-likeness (QED) is 0.0250. The lowest BCUT2D eigenvalue weighted by Gasteiger charge is -2.36. The van der Waals surface area contributed by atoms with Gasteiger partial charge in [0.15, 0.2) is 6.79 Å². The van der Waals surface area contributed by atoms with Crippen LogP contribution in [0.3, 0.4) is 0 Å². The minimum absolute atomic E-state index is 0.00508. The molecule has 0 N–H and O–H groups in total. The molecule has 16 rings (SSSR count). The molecular weight excluding hydrogens is 1520 g/mol. The summed E-state index contributed by atoms with van der Waals surface area (Å²) in [7, 11) is -10.2. The van der Waals surface area contributed by atoms with Crippen molar-refractivity contribution in [3.8, 4) is 17.2 Å². The highest BCUT2D eigenvalue weighted by atomic mass is 32.2. The van der Waals surface area contributed by atoms with Crippen LogP contribution in [0, 0.1) is 50.2 Å². The fraction of sp³-hybridized carbons (Fsp3) is 0.512. The third kappa shape index (κ3) is 13.7. The molecule has 0 radical (unpaired) electrons. The summed E-state index contributed by atoms with van der Waals surface area (Å²) >= 11 is 0. The largest absolute Gasteiger partial charge is 0.491 e. The molecule has 0 aromatic heterocycles. The first-order valence-electron chi connectivity index (χ1n) is 37.4. The van der Waals surface area contributed by atoms with Gasteiger partial charge >= 0.3 is 0 Å². The van der Waals surface area contributed by atoms with Crippen LogP contribution in [0.1, 0.15) is 174 Å². The zero-order chi connectivity index (χ0) is 80.0. The number of hydroxylamine groups is 6. The number of hydrogen-bond donors (Lipinski definition) is 0. The van der Waals surface area contributed by atoms with Crippen molar-refractivity contribution in [1.29, 1.82) is 0 Å². The van der Waals surface area contributed by atoms with Crippen LogP contribution in [0.15, 0.2) is 91.0 Å². The zero-order valence-electron chi connectivity index (χ0n) is 63.4. The Morgan fingerprint density at radius 3 is 1.04 bits per heavy atom. The first-order chi connectivity index (χ1) is 53.1. The van der Waals surface area contributed by atoms with Gasteiger partial charge in [0.05, 0.1) is 106 Å². The third-order valence-corrected chi connectivity index (χ3v) is 29.5. The fourth-order valence-corrected chi connectivity index (χ4v) is 24.2. The number of methoxy groups -OCH3 is 2. The van der Waals surface area contributed by atoms with Gasteiger partial charge in [-0.25, -0.2) is 0 Å². The molecule has 32 heteroatoms. The number of carbonyl (C=O) groups is 9. The van der Waals surface area contributed by atoms with E-state index < -0.39 is 116 Å². The van der Waals surface area contributed by atoms with Crippen molar-refractivity contribution in [2.75, 3.05) is 91.1 Å². The predicted molar refractivity (Wildman–Crippen MR) is 400 cm³/mol. The average molecular weight is 1600 g/mol. The molecule has 4 heterocycles. The summed E-state index contributed by atoms with van der Waals surface area (Å²) in [5.41, 5.74) is -4.07. The summed E-state index contributed by atoms with van der Waals surface area (Å²) in [6.07, 6.45) is 6.51. The Hall–Kier alpha value is -8.54. The number of rotatable bonds is 28. The van der Waals surface area contributed by atoms with Crippen molar-refractivity contribution in [1.82, 2.24) is 15.2 Å². The zero-order valence-corrected chi connectivity index (χ0v) is 65.9. The minimum atomic E-state index is -4.47. The Labute approximate surface area is 647 Å². The molecule has 29 nitrogen and oxygen atoms in total. The summed E-state index contributed by atoms with van der Waals surface area (Å²) in [6.45, 7) is 14.7. The van der Waals surface area contributed by atoms with E-state index in [1.54, 1.807) is 68.8 Å². The van der Waals surface area contributed by atoms with Crippen molar-refractivity contribution in [2.45, 2.75) is 118 Å². The summed E-state index contributed by atoms with van der Waals surface area (Å²) < 4.78 is 139. The van der Waals surface area contributed by atoms with E-state index in [9.17, 15) is 68.4 Å². The predicted octanol–water partition coefficient (Wildman–Crippen LogP) is 9.88. The first kappa shape index (κ1) is 80.1. The molecule has 6 bridgehead atoms. The molecule has 112 heavy (non-hydrogen) atoms. The highest BCUT2D eigenvalue weighted by molar-refractivity contribution is 7.87. The van der Waals surface area contributed by atoms with Crippen LogP contribution >= 0.6 is 0 Å². The number of hydrogen-bond acceptors (Lipinski definition) is 26. The second kappa shape index (κ2) is 30.0. The lowest BCUT2D eigenvalue weighted by Crippen LogP contribution is -2.46. The van der Waals surface area contributed by atoms with Gasteiger partial charge in [0.1, 0.15) is 47.8 Å². The summed E-state index contributed by atoms with van der Waals surface area (Å²) in [6, 6.07) is 23.8. The van der Waals surface area contributed by atoms with E-state index >= 15 is 0 Å². The lowest BCUT2D eigenvalue weighted by atomic mass is 9.70. The maximum atomic E-state index is 13.3. The molecule has 6 aromatic carbocycles. The maximum absolute atomic E-state index is 13.3. The number of amides is 6. The Balaban J connectivity index is 0.000000140. The van der Waals surface area contributed by atoms with Gasteiger partial charge in [-0.05, 0) is 140 Å². The van der Waals surface area contributed by atoms with Gasteiger partial charge in [-0.15, -0.1) is 28.0 Å². The number of benzene rings is 6. The van der Waals surface area contributed by atoms with Crippen molar-refractivity contribution in [3.63, 3.8) is 0 Å². The van der Waals surface area contributed by atoms with Gasteiger partial charge < -0.3 is 37.9 Å². The smallest absolute Gasteiger partial charge is 0.289 e. The fourth-order valence-electron chi connectivity index (χ4n) is 19.1. The van der Waals surface area contributed by atoms with E-state index in [-0.39, 0.29) is 93.1 Å². The normalized spacial score (nSPS) is 25.6. The number of imide groups is 3. The second-order valence-corrected chi connectivity index (χ2v) is 36.8. The van der Waals surface area contributed by atoms with Gasteiger partial charge in [0.2, 0.25) is 0 Å². The summed E-state index contributed by atoms with van der Waals surface area (Å²) in [5, 5.41) is 3.61. The van der Waals surface area contributed by atoms with Crippen LogP contribution in [0.25, 0.3) is 32.3 Å². The Morgan fingerprint density at radius 1 is 0.393 bits per heavy atom. The van der Waals surface area contributed by atoms with Crippen LogP contribution in [-0.2, 0) is 81.3 Å². The average Bonchev–Trinajstić information content (AvgIpc) is 1.48. The molecule has 1 saturated heterocycles. The van der Waals surface area contributed by atoms with Crippen molar-refractivity contribution < 1.29 is 119 Å². The van der Waals surface area contributed by atoms with Crippen molar-refractivity contribution in [2.24, 2.45) is 50.2 Å². The minimum Gasteiger partial charge on any atom is -0.491 e. The third-order valence-electron chi connectivity index (χ3n) is 25.8. The van der Waals surface area contributed by atoms with E-state index in [1.165, 1.54) is 36.4 Å². The van der Waals surface area contributed by atoms with E-state index in [1.807, 2.05) is 41.5 Å². The summed E-state index contributed by atoms with van der Waals surface area (Å²) in [4.78, 5) is 118. The maximum Gasteiger partial charge on any atom is 0.289 e. The molecule has 6 amide bonds. The topological polar surface area (TPSA) is 367 Å². The Kier molecular flexibility index (Phi) is 21.5. The number of fused-ring (bicyclic) bond motifs is 6. The first-order valence-corrected chi connectivity index (χ1v) is 42.2. The second-order valence-electron chi connectivity index (χ2n) is 32.1. The van der Waals surface area contributed by atoms with Crippen LogP contribution in [-0.4, -0.2) is 190 Å². The van der Waals surface area contributed by atoms with Crippen LogP contribution < -0.4 is 14.2 Å². The lowest BCUT2D eigenvalue weighted by molar-refractivity contribution is -0.128. The number of carbonyl (C=O) groups excluding carboxylic acids is 9. The Morgan fingerprint density at radius 2 is 0.723 bits per heavy atom. The van der Waals surface area contributed by atoms with Gasteiger partial charge in [0, 0.05) is 72.4 Å². The van der Waals surface area contributed by atoms with Crippen LogP contribution in [0.4, 0.5) is 0 Å². The highest BCUT2D eigenvalue weighted by Crippen LogP contribution is 2.67. The van der Waals surface area contributed by atoms with Crippen LogP contribution in [0.5, 0.6) is 17.2 Å². The molecule has 6 saturated carbocycles. The van der Waals surface area contributed by atoms with E-state index in [0.29, 0.717) is 144 Å². The number of ketones is 3. The molecule has 4 aliphatic heterocycles. The molecule has 598 valence electrons. The van der Waals surface area contributed by atoms with Crippen LogP contribution in [0.2, 0.25) is 0 Å². The molecule has 7 unspecified atom stereocenters. The molecule has 6 aliphatic carbocycles. The monoisotopic (exact) mass is 1600 g/mol.